The topological polar surface area (TPSA) is 75.8 Å². The Morgan fingerprint density at radius 2 is 2.22 bits per heavy atom. The quantitative estimate of drug-likeness (QED) is 0.614. The van der Waals surface area contributed by atoms with E-state index in [1.807, 2.05) is 13.8 Å². The van der Waals surface area contributed by atoms with Crippen molar-refractivity contribution in [3.8, 4) is 5.75 Å². The number of phenolic OH excluding ortho intramolecular Hbond substituents is 1. The first-order valence-electron chi connectivity index (χ1n) is 5.90. The molecule has 1 aromatic rings. The van der Waals surface area contributed by atoms with Crippen molar-refractivity contribution in [1.29, 1.82) is 0 Å². The van der Waals surface area contributed by atoms with Gasteiger partial charge in [-0.05, 0) is 26.0 Å². The van der Waals surface area contributed by atoms with Gasteiger partial charge in [0.15, 0.2) is 5.75 Å². The van der Waals surface area contributed by atoms with Crippen molar-refractivity contribution in [1.82, 2.24) is 4.90 Å². The molecule has 1 atom stereocenters. The van der Waals surface area contributed by atoms with Gasteiger partial charge in [0.1, 0.15) is 0 Å². The Kier molecular flexibility index (Phi) is 4.97. The van der Waals surface area contributed by atoms with E-state index in [1.165, 1.54) is 0 Å². The number of rotatable bonds is 5. The first-order chi connectivity index (χ1) is 8.52. The number of nitrogens with zero attached hydrogens (tertiary/aromatic N) is 1. The van der Waals surface area contributed by atoms with Crippen LogP contribution in [0.5, 0.6) is 5.75 Å². The fourth-order valence-corrected chi connectivity index (χ4v) is 1.88. The molecular weight excluding hydrogens is 232 g/mol. The SMILES string of the molecule is CCN(C(=O)c1cccc(N)c1O)C(C)COC. The van der Waals surface area contributed by atoms with E-state index in [2.05, 4.69) is 0 Å². The molecule has 0 saturated heterocycles. The van der Waals surface area contributed by atoms with Crippen molar-refractivity contribution in [2.75, 3.05) is 26.0 Å². The number of carbonyl (C=O) groups excluding carboxylic acids is 1. The molecule has 100 valence electrons. The molecule has 0 aliphatic rings. The molecule has 0 aliphatic heterocycles. The average molecular weight is 252 g/mol. The molecule has 1 unspecified atom stereocenters. The second-order valence-electron chi connectivity index (χ2n) is 4.14. The molecular formula is C13H20N2O3. The molecule has 0 fully saturated rings. The number of carbonyl (C=O) groups is 1. The smallest absolute Gasteiger partial charge is 0.258 e. The number of phenols is 1. The lowest BCUT2D eigenvalue weighted by molar-refractivity contribution is 0.0576. The van der Waals surface area contributed by atoms with E-state index in [1.54, 1.807) is 30.2 Å². The van der Waals surface area contributed by atoms with Crippen molar-refractivity contribution >= 4 is 11.6 Å². The van der Waals surface area contributed by atoms with Gasteiger partial charge in [-0.15, -0.1) is 0 Å². The van der Waals surface area contributed by atoms with Crippen LogP contribution in [0.15, 0.2) is 18.2 Å². The van der Waals surface area contributed by atoms with Crippen LogP contribution in [-0.2, 0) is 4.74 Å². The van der Waals surface area contributed by atoms with E-state index in [4.69, 9.17) is 10.5 Å². The predicted molar refractivity (Wildman–Crippen MR) is 70.6 cm³/mol. The van der Waals surface area contributed by atoms with Crippen LogP contribution >= 0.6 is 0 Å². The molecule has 0 spiro atoms. The third-order valence-corrected chi connectivity index (χ3v) is 2.84. The highest BCUT2D eigenvalue weighted by Crippen LogP contribution is 2.26. The first kappa shape index (κ1) is 14.3. The molecule has 1 rings (SSSR count). The van der Waals surface area contributed by atoms with Crippen LogP contribution in [0.3, 0.4) is 0 Å². The molecule has 3 N–H and O–H groups in total. The molecule has 5 heteroatoms. The molecule has 0 radical (unpaired) electrons. The van der Waals surface area contributed by atoms with Crippen molar-refractivity contribution < 1.29 is 14.6 Å². The van der Waals surface area contributed by atoms with Crippen LogP contribution in [0, 0.1) is 0 Å². The lowest BCUT2D eigenvalue weighted by Gasteiger charge is -2.28. The Balaban J connectivity index is 3.00. The van der Waals surface area contributed by atoms with Gasteiger partial charge in [0.2, 0.25) is 0 Å². The Hall–Kier alpha value is -1.75. The zero-order valence-electron chi connectivity index (χ0n) is 11.0. The number of nitrogen functional groups attached to an aromatic ring is 1. The van der Waals surface area contributed by atoms with E-state index < -0.39 is 0 Å². The second-order valence-corrected chi connectivity index (χ2v) is 4.14. The standard InChI is InChI=1S/C13H20N2O3/c1-4-15(9(2)8-18-3)13(17)10-6-5-7-11(14)12(10)16/h5-7,9,16H,4,8,14H2,1-3H3. The predicted octanol–water partition coefficient (Wildman–Crippen LogP) is 1.47. The van der Waals surface area contributed by atoms with E-state index in [0.29, 0.717) is 13.2 Å². The fourth-order valence-electron chi connectivity index (χ4n) is 1.88. The summed E-state index contributed by atoms with van der Waals surface area (Å²) >= 11 is 0. The van der Waals surface area contributed by atoms with Crippen molar-refractivity contribution in [3.63, 3.8) is 0 Å². The molecule has 18 heavy (non-hydrogen) atoms. The minimum absolute atomic E-state index is 0.0617. The third kappa shape index (κ3) is 2.92. The van der Waals surface area contributed by atoms with Gasteiger partial charge < -0.3 is 20.5 Å². The maximum absolute atomic E-state index is 12.3. The summed E-state index contributed by atoms with van der Waals surface area (Å²) in [4.78, 5) is 14.0. The van der Waals surface area contributed by atoms with Gasteiger partial charge >= 0.3 is 0 Å². The van der Waals surface area contributed by atoms with E-state index in [-0.39, 0.29) is 28.9 Å². The second kappa shape index (κ2) is 6.26. The Bertz CT molecular complexity index is 421. The number of methoxy groups -OCH3 is 1. The number of ether oxygens (including phenoxy) is 1. The summed E-state index contributed by atoms with van der Waals surface area (Å²) in [5.41, 5.74) is 6.02. The third-order valence-electron chi connectivity index (χ3n) is 2.84. The summed E-state index contributed by atoms with van der Waals surface area (Å²) in [7, 11) is 1.59. The summed E-state index contributed by atoms with van der Waals surface area (Å²) < 4.78 is 5.05. The van der Waals surface area contributed by atoms with Gasteiger partial charge in [0.05, 0.1) is 23.9 Å². The molecule has 0 aromatic heterocycles. The monoisotopic (exact) mass is 252 g/mol. The maximum Gasteiger partial charge on any atom is 0.258 e. The van der Waals surface area contributed by atoms with Gasteiger partial charge in [0, 0.05) is 13.7 Å². The number of hydrogen-bond donors (Lipinski definition) is 2. The number of benzene rings is 1. The highest BCUT2D eigenvalue weighted by atomic mass is 16.5. The number of nitrogens with two attached hydrogens (primary N) is 1. The molecule has 0 saturated carbocycles. The summed E-state index contributed by atoms with van der Waals surface area (Å²) in [6, 6.07) is 4.71. The van der Waals surface area contributed by atoms with Crippen LogP contribution in [0.4, 0.5) is 5.69 Å². The van der Waals surface area contributed by atoms with Crippen molar-refractivity contribution in [2.45, 2.75) is 19.9 Å². The van der Waals surface area contributed by atoms with Gasteiger partial charge in [-0.1, -0.05) is 6.07 Å². The molecule has 5 nitrogen and oxygen atoms in total. The zero-order chi connectivity index (χ0) is 13.7. The number of anilines is 1. The minimum Gasteiger partial charge on any atom is -0.505 e. The van der Waals surface area contributed by atoms with Gasteiger partial charge in [0.25, 0.3) is 5.91 Å². The number of likely N-dealkylation sites (N-methyl/N-ethyl adjacent to an activating group) is 1. The van der Waals surface area contributed by atoms with E-state index in [0.717, 1.165) is 0 Å². The normalized spacial score (nSPS) is 12.2. The van der Waals surface area contributed by atoms with E-state index >= 15 is 0 Å². The highest BCUT2D eigenvalue weighted by Gasteiger charge is 2.22. The lowest BCUT2D eigenvalue weighted by Crippen LogP contribution is -2.41. The van der Waals surface area contributed by atoms with Gasteiger partial charge in [-0.3, -0.25) is 4.79 Å². The van der Waals surface area contributed by atoms with Gasteiger partial charge in [-0.2, -0.15) is 0 Å². The molecule has 0 aliphatic carbocycles. The molecule has 1 amide bonds. The highest BCUT2D eigenvalue weighted by molar-refractivity contribution is 5.98. The summed E-state index contributed by atoms with van der Waals surface area (Å²) in [5.74, 6) is -0.405. The summed E-state index contributed by atoms with van der Waals surface area (Å²) in [5, 5.41) is 9.82. The largest absolute Gasteiger partial charge is 0.505 e. The average Bonchev–Trinajstić information content (AvgIpc) is 2.33. The van der Waals surface area contributed by atoms with Crippen LogP contribution in [0.2, 0.25) is 0 Å². The Morgan fingerprint density at radius 1 is 1.56 bits per heavy atom. The van der Waals surface area contributed by atoms with Crippen LogP contribution < -0.4 is 5.73 Å². The Labute approximate surface area is 107 Å². The maximum atomic E-state index is 12.3. The van der Waals surface area contributed by atoms with Gasteiger partial charge in [-0.25, -0.2) is 0 Å². The molecule has 1 aromatic carbocycles. The summed E-state index contributed by atoms with van der Waals surface area (Å²) in [6.45, 7) is 4.77. The minimum atomic E-state index is -0.244. The van der Waals surface area contributed by atoms with Crippen LogP contribution in [0.25, 0.3) is 0 Å². The van der Waals surface area contributed by atoms with Crippen LogP contribution in [-0.4, -0.2) is 42.2 Å². The number of para-hydroxylation sites is 1. The van der Waals surface area contributed by atoms with Crippen molar-refractivity contribution in [3.05, 3.63) is 23.8 Å². The summed E-state index contributed by atoms with van der Waals surface area (Å²) in [6.07, 6.45) is 0. The van der Waals surface area contributed by atoms with Crippen LogP contribution in [0.1, 0.15) is 24.2 Å². The number of hydrogen-bond acceptors (Lipinski definition) is 4. The zero-order valence-corrected chi connectivity index (χ0v) is 11.0. The number of aromatic hydroxyl groups is 1. The molecule has 0 heterocycles. The van der Waals surface area contributed by atoms with Crippen molar-refractivity contribution in [2.24, 2.45) is 0 Å². The molecule has 0 bridgehead atoms. The number of amides is 1. The first-order valence-corrected chi connectivity index (χ1v) is 5.90. The lowest BCUT2D eigenvalue weighted by atomic mass is 10.1. The Morgan fingerprint density at radius 3 is 2.78 bits per heavy atom. The van der Waals surface area contributed by atoms with E-state index in [9.17, 15) is 9.90 Å². The fraction of sp³-hybridized carbons (Fsp3) is 0.462.